The van der Waals surface area contributed by atoms with Crippen LogP contribution in [-0.4, -0.2) is 30.0 Å². The van der Waals surface area contributed by atoms with Gasteiger partial charge in [0.05, 0.1) is 10.6 Å². The molecule has 144 valence electrons. The van der Waals surface area contributed by atoms with Gasteiger partial charge < -0.3 is 5.32 Å². The van der Waals surface area contributed by atoms with Gasteiger partial charge in [-0.2, -0.15) is 0 Å². The van der Waals surface area contributed by atoms with E-state index in [1.54, 1.807) is 42.5 Å². The number of anilines is 2. The van der Waals surface area contributed by atoms with Crippen molar-refractivity contribution >= 4 is 38.9 Å². The molecule has 0 radical (unpaired) electrons. The lowest BCUT2D eigenvalue weighted by molar-refractivity contribution is -0.111. The number of fused-ring (bicyclic) bond motifs is 1. The van der Waals surface area contributed by atoms with Crippen LogP contribution in [0.4, 0.5) is 11.6 Å². The highest BCUT2D eigenvalue weighted by molar-refractivity contribution is 7.92. The molecule has 2 aromatic carbocycles. The Balaban J connectivity index is 1.57. The molecule has 4 rings (SSSR count). The van der Waals surface area contributed by atoms with E-state index in [9.17, 15) is 18.0 Å². The molecule has 1 aliphatic carbocycles. The van der Waals surface area contributed by atoms with Gasteiger partial charge in [-0.3, -0.25) is 9.59 Å². The van der Waals surface area contributed by atoms with Crippen molar-refractivity contribution in [3.8, 4) is 0 Å². The predicted octanol–water partition coefficient (Wildman–Crippen LogP) is 2.50. The van der Waals surface area contributed by atoms with Gasteiger partial charge in [0.2, 0.25) is 17.5 Å². The minimum atomic E-state index is -3.84. The van der Waals surface area contributed by atoms with Crippen molar-refractivity contribution in [1.82, 2.24) is 9.97 Å². The predicted molar refractivity (Wildman–Crippen MR) is 107 cm³/mol. The summed E-state index contributed by atoms with van der Waals surface area (Å²) in [6.45, 7) is 0. The molecule has 0 saturated heterocycles. The molecule has 8 nitrogen and oxygen atoms in total. The largest absolute Gasteiger partial charge is 0.355 e. The van der Waals surface area contributed by atoms with Crippen LogP contribution < -0.4 is 10.0 Å². The van der Waals surface area contributed by atoms with Gasteiger partial charge in [0, 0.05) is 35.3 Å². The molecular formula is C20H14N4O4S. The minimum Gasteiger partial charge on any atom is -0.355 e. The van der Waals surface area contributed by atoms with Gasteiger partial charge >= 0.3 is 0 Å². The van der Waals surface area contributed by atoms with Crippen molar-refractivity contribution in [2.45, 2.75) is 4.90 Å². The smallest absolute Gasteiger partial charge is 0.264 e. The topological polar surface area (TPSA) is 118 Å². The van der Waals surface area contributed by atoms with Crippen molar-refractivity contribution in [3.05, 3.63) is 84.2 Å². The van der Waals surface area contributed by atoms with Gasteiger partial charge in [-0.1, -0.05) is 24.3 Å². The van der Waals surface area contributed by atoms with Crippen LogP contribution in [0, 0.1) is 0 Å². The second-order valence-corrected chi connectivity index (χ2v) is 7.81. The molecule has 1 aromatic heterocycles. The number of sulfonamides is 1. The summed E-state index contributed by atoms with van der Waals surface area (Å²) in [5, 5.41) is 3.06. The van der Waals surface area contributed by atoms with Crippen LogP contribution in [0.3, 0.4) is 0 Å². The molecule has 3 aromatic rings. The maximum atomic E-state index is 12.4. The van der Waals surface area contributed by atoms with E-state index in [0.717, 1.165) is 0 Å². The van der Waals surface area contributed by atoms with Crippen LogP contribution in [0.15, 0.2) is 78.0 Å². The summed E-state index contributed by atoms with van der Waals surface area (Å²) in [5.41, 5.74) is 1.96. The summed E-state index contributed by atoms with van der Waals surface area (Å²) < 4.78 is 27.2. The highest BCUT2D eigenvalue weighted by Crippen LogP contribution is 2.27. The van der Waals surface area contributed by atoms with E-state index in [4.69, 9.17) is 0 Å². The Morgan fingerprint density at radius 1 is 0.793 bits per heavy atom. The highest BCUT2D eigenvalue weighted by Gasteiger charge is 2.25. The number of carbonyl (C=O) groups is 2. The zero-order valence-corrected chi connectivity index (χ0v) is 15.7. The van der Waals surface area contributed by atoms with E-state index >= 15 is 0 Å². The molecule has 0 spiro atoms. The number of hydrogen-bond donors (Lipinski definition) is 2. The Hall–Kier alpha value is -3.85. The molecule has 1 heterocycles. The fourth-order valence-electron chi connectivity index (χ4n) is 2.83. The molecule has 0 atom stereocenters. The zero-order valence-electron chi connectivity index (χ0n) is 14.9. The first kappa shape index (κ1) is 18.5. The standard InChI is InChI=1S/C20H14N4O4S/c25-18-12-17(15-4-1-2-5-16(15)19(18)26)23-13-6-8-14(9-7-13)29(27,28)24-20-21-10-3-11-22-20/h1-12,23H,(H,21,22,24). The summed E-state index contributed by atoms with van der Waals surface area (Å²) in [6.07, 6.45) is 4.10. The third-order valence-electron chi connectivity index (χ3n) is 4.20. The number of nitrogens with one attached hydrogen (secondary N) is 2. The maximum Gasteiger partial charge on any atom is 0.264 e. The molecule has 0 fully saturated rings. The van der Waals surface area contributed by atoms with Gasteiger partial charge in [0.25, 0.3) is 10.0 Å². The number of ketones is 2. The lowest BCUT2D eigenvalue weighted by Crippen LogP contribution is -2.21. The number of nitrogens with zero attached hydrogens (tertiary/aromatic N) is 2. The molecule has 0 amide bonds. The first-order valence-electron chi connectivity index (χ1n) is 8.51. The lowest BCUT2D eigenvalue weighted by atomic mass is 9.93. The van der Waals surface area contributed by atoms with Gasteiger partial charge in [-0.15, -0.1) is 0 Å². The first-order valence-corrected chi connectivity index (χ1v) is 9.99. The van der Waals surface area contributed by atoms with Crippen LogP contribution in [0.25, 0.3) is 5.70 Å². The summed E-state index contributed by atoms with van der Waals surface area (Å²) in [6, 6.07) is 14.3. The Morgan fingerprint density at radius 2 is 1.45 bits per heavy atom. The van der Waals surface area contributed by atoms with Gasteiger partial charge in [0.1, 0.15) is 0 Å². The minimum absolute atomic E-state index is 0.0261. The number of carbonyl (C=O) groups excluding carboxylic acids is 2. The van der Waals surface area contributed by atoms with Crippen LogP contribution >= 0.6 is 0 Å². The van der Waals surface area contributed by atoms with E-state index in [1.165, 1.54) is 30.6 Å². The van der Waals surface area contributed by atoms with Crippen LogP contribution in [0.1, 0.15) is 15.9 Å². The molecule has 2 N–H and O–H groups in total. The Morgan fingerprint density at radius 3 is 2.14 bits per heavy atom. The normalized spacial score (nSPS) is 13.4. The van der Waals surface area contributed by atoms with E-state index in [1.807, 2.05) is 0 Å². The van der Waals surface area contributed by atoms with Gasteiger partial charge in [-0.25, -0.2) is 23.1 Å². The average Bonchev–Trinajstić information content (AvgIpc) is 2.73. The van der Waals surface area contributed by atoms with Crippen LogP contribution in [0.2, 0.25) is 0 Å². The summed E-state index contributed by atoms with van der Waals surface area (Å²) in [4.78, 5) is 31.7. The Bertz CT molecular complexity index is 1240. The number of Topliss-reactive ketones (excluding diaryl/α,β-unsaturated/α-hetero) is 1. The average molecular weight is 406 g/mol. The summed E-state index contributed by atoms with van der Waals surface area (Å²) >= 11 is 0. The third-order valence-corrected chi connectivity index (χ3v) is 5.54. The molecule has 0 aliphatic heterocycles. The third kappa shape index (κ3) is 3.76. The second kappa shape index (κ2) is 7.28. The van der Waals surface area contributed by atoms with Crippen molar-refractivity contribution < 1.29 is 18.0 Å². The highest BCUT2D eigenvalue weighted by atomic mass is 32.2. The summed E-state index contributed by atoms with van der Waals surface area (Å²) in [7, 11) is -3.84. The van der Waals surface area contributed by atoms with Gasteiger partial charge in [-0.05, 0) is 30.3 Å². The monoisotopic (exact) mass is 406 g/mol. The van der Waals surface area contributed by atoms with Crippen LogP contribution in [-0.2, 0) is 14.8 Å². The Kier molecular flexibility index (Phi) is 4.65. The van der Waals surface area contributed by atoms with Crippen molar-refractivity contribution in [1.29, 1.82) is 0 Å². The Labute approximate surface area is 166 Å². The summed E-state index contributed by atoms with van der Waals surface area (Å²) in [5.74, 6) is -1.19. The second-order valence-electron chi connectivity index (χ2n) is 6.12. The molecule has 29 heavy (non-hydrogen) atoms. The number of rotatable bonds is 5. The fourth-order valence-corrected chi connectivity index (χ4v) is 3.79. The molecule has 0 saturated carbocycles. The van der Waals surface area contributed by atoms with Crippen molar-refractivity contribution in [3.63, 3.8) is 0 Å². The fraction of sp³-hybridized carbons (Fsp3) is 0. The molecular weight excluding hydrogens is 392 g/mol. The van der Waals surface area contributed by atoms with Crippen molar-refractivity contribution in [2.75, 3.05) is 10.0 Å². The molecule has 1 aliphatic rings. The van der Waals surface area contributed by atoms with E-state index < -0.39 is 21.6 Å². The van der Waals surface area contributed by atoms with E-state index in [-0.39, 0.29) is 10.8 Å². The SMILES string of the molecule is O=C1C=C(Nc2ccc(S(=O)(=O)Nc3ncccn3)cc2)c2ccccc2C1=O. The quantitative estimate of drug-likeness (QED) is 0.625. The number of benzene rings is 2. The number of allylic oxidation sites excluding steroid dienone is 1. The van der Waals surface area contributed by atoms with E-state index in [2.05, 4.69) is 20.0 Å². The number of hydrogen-bond acceptors (Lipinski definition) is 7. The maximum absolute atomic E-state index is 12.4. The van der Waals surface area contributed by atoms with Crippen molar-refractivity contribution in [2.24, 2.45) is 0 Å². The lowest BCUT2D eigenvalue weighted by Gasteiger charge is -2.18. The van der Waals surface area contributed by atoms with Gasteiger partial charge in [0.15, 0.2) is 0 Å². The van der Waals surface area contributed by atoms with E-state index in [0.29, 0.717) is 22.5 Å². The number of aromatic nitrogens is 2. The van der Waals surface area contributed by atoms with Crippen LogP contribution in [0.5, 0.6) is 0 Å². The molecule has 0 bridgehead atoms. The zero-order chi connectivity index (χ0) is 20.4. The molecule has 9 heteroatoms. The molecule has 0 unspecified atom stereocenters. The first-order chi connectivity index (χ1) is 13.9.